The SMILES string of the molecule is CC1(NC(=O)[C@H](Cc2ccccc2)NC(=O)/C=C/c2cc(Cl)ccc2-n2cnnn2)C=C2C(=O)NCC2=CC1. The van der Waals surface area contributed by atoms with Crippen LogP contribution in [0.15, 0.2) is 84.2 Å². The maximum atomic E-state index is 13.5. The minimum absolute atomic E-state index is 0.150. The third kappa shape index (κ3) is 6.12. The third-order valence-corrected chi connectivity index (χ3v) is 6.82. The molecule has 3 amide bonds. The van der Waals surface area contributed by atoms with Crippen molar-refractivity contribution in [2.24, 2.45) is 0 Å². The number of aromatic nitrogens is 4. The Morgan fingerprint density at radius 3 is 2.82 bits per heavy atom. The topological polar surface area (TPSA) is 131 Å². The van der Waals surface area contributed by atoms with Crippen LogP contribution in [0.3, 0.4) is 0 Å². The molecule has 198 valence electrons. The van der Waals surface area contributed by atoms with Gasteiger partial charge >= 0.3 is 0 Å². The van der Waals surface area contributed by atoms with Crippen molar-refractivity contribution in [3.63, 3.8) is 0 Å². The Morgan fingerprint density at radius 2 is 2.05 bits per heavy atom. The van der Waals surface area contributed by atoms with E-state index >= 15 is 0 Å². The van der Waals surface area contributed by atoms with Gasteiger partial charge in [0.1, 0.15) is 12.4 Å². The summed E-state index contributed by atoms with van der Waals surface area (Å²) in [5.74, 6) is -0.965. The molecule has 2 atom stereocenters. The van der Waals surface area contributed by atoms with Crippen molar-refractivity contribution >= 4 is 35.4 Å². The van der Waals surface area contributed by atoms with Crippen LogP contribution in [0, 0.1) is 0 Å². The Kier molecular flexibility index (Phi) is 7.38. The van der Waals surface area contributed by atoms with Crippen molar-refractivity contribution in [2.75, 3.05) is 6.54 Å². The third-order valence-electron chi connectivity index (χ3n) is 6.59. The summed E-state index contributed by atoms with van der Waals surface area (Å²) in [7, 11) is 0. The normalized spacial score (nSPS) is 19.1. The second kappa shape index (κ2) is 11.0. The molecule has 2 aromatic carbocycles. The molecule has 1 fully saturated rings. The van der Waals surface area contributed by atoms with E-state index < -0.39 is 17.5 Å². The van der Waals surface area contributed by atoms with Gasteiger partial charge in [0.05, 0.1) is 11.2 Å². The Bertz CT molecular complexity index is 1500. The van der Waals surface area contributed by atoms with Crippen molar-refractivity contribution in [1.29, 1.82) is 0 Å². The number of hydrogen-bond donors (Lipinski definition) is 3. The van der Waals surface area contributed by atoms with Gasteiger partial charge in [-0.1, -0.05) is 48.0 Å². The molecule has 1 aromatic heterocycles. The van der Waals surface area contributed by atoms with E-state index in [1.54, 1.807) is 30.4 Å². The molecule has 1 aliphatic carbocycles. The van der Waals surface area contributed by atoms with Gasteiger partial charge < -0.3 is 16.0 Å². The van der Waals surface area contributed by atoms with Gasteiger partial charge in [-0.15, -0.1) is 5.10 Å². The lowest BCUT2D eigenvalue weighted by molar-refractivity contribution is -0.128. The zero-order valence-electron chi connectivity index (χ0n) is 21.1. The maximum Gasteiger partial charge on any atom is 0.251 e. The van der Waals surface area contributed by atoms with Crippen LogP contribution in [-0.2, 0) is 20.8 Å². The molecule has 1 unspecified atom stereocenters. The Morgan fingerprint density at radius 1 is 1.23 bits per heavy atom. The van der Waals surface area contributed by atoms with E-state index in [9.17, 15) is 14.4 Å². The van der Waals surface area contributed by atoms with Gasteiger partial charge in [0.25, 0.3) is 5.91 Å². The van der Waals surface area contributed by atoms with Gasteiger partial charge in [0, 0.05) is 35.2 Å². The van der Waals surface area contributed by atoms with E-state index in [4.69, 9.17) is 11.6 Å². The Balaban J connectivity index is 1.34. The minimum atomic E-state index is -0.860. The first-order valence-corrected chi connectivity index (χ1v) is 12.8. The molecule has 39 heavy (non-hydrogen) atoms. The molecule has 0 radical (unpaired) electrons. The molecule has 11 heteroatoms. The fourth-order valence-corrected chi connectivity index (χ4v) is 4.78. The summed E-state index contributed by atoms with van der Waals surface area (Å²) in [6.07, 6.45) is 8.95. The molecule has 1 aliphatic heterocycles. The van der Waals surface area contributed by atoms with Gasteiger partial charge in [-0.2, -0.15) is 4.68 Å². The highest BCUT2D eigenvalue weighted by atomic mass is 35.5. The number of halogens is 1. The number of benzene rings is 2. The van der Waals surface area contributed by atoms with E-state index in [0.717, 1.165) is 11.1 Å². The Labute approximate surface area is 229 Å². The molecule has 0 bridgehead atoms. The molecule has 1 saturated heterocycles. The van der Waals surface area contributed by atoms with Crippen LogP contribution in [0.1, 0.15) is 24.5 Å². The van der Waals surface area contributed by atoms with E-state index in [0.29, 0.717) is 34.8 Å². The van der Waals surface area contributed by atoms with Crippen molar-refractivity contribution in [3.8, 4) is 5.69 Å². The quantitative estimate of drug-likeness (QED) is 0.374. The average Bonchev–Trinajstić information content (AvgIpc) is 3.58. The van der Waals surface area contributed by atoms with Crippen molar-refractivity contribution in [3.05, 3.63) is 100 Å². The fraction of sp³-hybridized carbons (Fsp3) is 0.214. The smallest absolute Gasteiger partial charge is 0.251 e. The number of tetrazole rings is 1. The molecule has 0 saturated carbocycles. The predicted molar refractivity (Wildman–Crippen MR) is 146 cm³/mol. The molecule has 0 spiro atoms. The first kappa shape index (κ1) is 26.1. The van der Waals surface area contributed by atoms with E-state index in [-0.39, 0.29) is 18.2 Å². The van der Waals surface area contributed by atoms with Gasteiger partial charge in [-0.05, 0) is 65.3 Å². The number of rotatable bonds is 8. The molecular formula is C28H26ClN7O3. The first-order valence-electron chi connectivity index (χ1n) is 12.4. The molecule has 5 rings (SSSR count). The fourth-order valence-electron chi connectivity index (χ4n) is 4.60. The highest BCUT2D eigenvalue weighted by molar-refractivity contribution is 6.30. The predicted octanol–water partition coefficient (Wildman–Crippen LogP) is 2.32. The van der Waals surface area contributed by atoms with E-state index in [2.05, 4.69) is 31.5 Å². The number of carbonyl (C=O) groups excluding carboxylic acids is 3. The van der Waals surface area contributed by atoms with Crippen molar-refractivity contribution in [2.45, 2.75) is 31.3 Å². The largest absolute Gasteiger partial charge is 0.348 e. The summed E-state index contributed by atoms with van der Waals surface area (Å²) in [5.41, 5.74) is 2.89. The standard InChI is InChI=1S/C28H26ClN7O3/c1-28(12-11-20-16-30-26(38)22(20)15-28)33-27(39)23(13-18-5-3-2-4-6-18)32-25(37)10-7-19-14-21(29)8-9-24(19)36-17-31-34-35-36/h2-11,14-15,17,23H,12-13,16H2,1H3,(H,30,38)(H,32,37)(H,33,39)/b10-7+/t23-,28?/m0/s1. The van der Waals surface area contributed by atoms with Gasteiger partial charge in [0.15, 0.2) is 0 Å². The first-order chi connectivity index (χ1) is 18.8. The number of fused-ring (bicyclic) bond motifs is 1. The van der Waals surface area contributed by atoms with Crippen LogP contribution < -0.4 is 16.0 Å². The summed E-state index contributed by atoms with van der Waals surface area (Å²) in [4.78, 5) is 38.7. The minimum Gasteiger partial charge on any atom is -0.348 e. The zero-order valence-corrected chi connectivity index (χ0v) is 21.9. The molecule has 3 N–H and O–H groups in total. The van der Waals surface area contributed by atoms with Crippen LogP contribution in [0.4, 0.5) is 0 Å². The van der Waals surface area contributed by atoms with Gasteiger partial charge in [-0.3, -0.25) is 14.4 Å². The number of amides is 3. The molecule has 2 aliphatic rings. The second-order valence-corrected chi connectivity index (χ2v) is 10.1. The molecular weight excluding hydrogens is 518 g/mol. The van der Waals surface area contributed by atoms with Crippen LogP contribution in [0.2, 0.25) is 5.02 Å². The summed E-state index contributed by atoms with van der Waals surface area (Å²) in [6, 6.07) is 13.7. The molecule has 2 heterocycles. The summed E-state index contributed by atoms with van der Waals surface area (Å²) in [6.45, 7) is 2.35. The van der Waals surface area contributed by atoms with Crippen molar-refractivity contribution < 1.29 is 14.4 Å². The number of carbonyl (C=O) groups is 3. The van der Waals surface area contributed by atoms with Crippen molar-refractivity contribution in [1.82, 2.24) is 36.2 Å². The summed E-state index contributed by atoms with van der Waals surface area (Å²) < 4.78 is 1.46. The highest BCUT2D eigenvalue weighted by Gasteiger charge is 2.35. The van der Waals surface area contributed by atoms with Crippen LogP contribution in [0.5, 0.6) is 0 Å². The van der Waals surface area contributed by atoms with Crippen LogP contribution in [0.25, 0.3) is 11.8 Å². The highest BCUT2D eigenvalue weighted by Crippen LogP contribution is 2.29. The van der Waals surface area contributed by atoms with Crippen LogP contribution >= 0.6 is 11.6 Å². The lowest BCUT2D eigenvalue weighted by Crippen LogP contribution is -2.54. The van der Waals surface area contributed by atoms with E-state index in [1.165, 1.54) is 17.1 Å². The Hall–Kier alpha value is -4.57. The number of nitrogens with one attached hydrogen (secondary N) is 3. The number of hydrogen-bond acceptors (Lipinski definition) is 6. The summed E-state index contributed by atoms with van der Waals surface area (Å²) in [5, 5.41) is 20.4. The van der Waals surface area contributed by atoms with Gasteiger partial charge in [-0.25, -0.2) is 0 Å². The number of nitrogens with zero attached hydrogens (tertiary/aromatic N) is 4. The van der Waals surface area contributed by atoms with E-state index in [1.807, 2.05) is 43.3 Å². The van der Waals surface area contributed by atoms with Crippen LogP contribution in [-0.4, -0.2) is 56.1 Å². The second-order valence-electron chi connectivity index (χ2n) is 9.62. The molecule has 3 aromatic rings. The van der Waals surface area contributed by atoms with Gasteiger partial charge in [0.2, 0.25) is 11.8 Å². The maximum absolute atomic E-state index is 13.5. The lowest BCUT2D eigenvalue weighted by atomic mass is 9.86. The summed E-state index contributed by atoms with van der Waals surface area (Å²) >= 11 is 6.18. The zero-order chi connectivity index (χ0) is 27.4. The average molecular weight is 544 g/mol. The lowest BCUT2D eigenvalue weighted by Gasteiger charge is -2.32. The monoisotopic (exact) mass is 543 g/mol. The molecule has 10 nitrogen and oxygen atoms in total.